The third-order valence-corrected chi connectivity index (χ3v) is 9.56. The third-order valence-electron chi connectivity index (χ3n) is 4.00. The lowest BCUT2D eigenvalue weighted by atomic mass is 10.4. The molecule has 2 aromatic rings. The van der Waals surface area contributed by atoms with E-state index in [1.54, 1.807) is 0 Å². The van der Waals surface area contributed by atoms with Crippen LogP contribution in [0.15, 0.2) is 60.7 Å². The minimum Gasteiger partial charge on any atom is -1.00 e. The van der Waals surface area contributed by atoms with Gasteiger partial charge in [-0.2, -0.15) is 0 Å². The molecule has 2 rings (SSSR count). The molecule has 0 nitrogen and oxygen atoms in total. The molecule has 0 spiro atoms. The van der Waals surface area contributed by atoms with Gasteiger partial charge in [-0.15, -0.1) is 0 Å². The number of hydrogen-bond donors (Lipinski definition) is 0. The van der Waals surface area contributed by atoms with Gasteiger partial charge in [-0.1, -0.05) is 36.4 Å². The molecule has 0 aliphatic heterocycles. The molecule has 0 fully saturated rings. The Balaban J connectivity index is 0.00000200. The molecule has 0 amide bonds. The van der Waals surface area contributed by atoms with Crippen molar-refractivity contribution < 1.29 is 17.0 Å². The Hall–Kier alpha value is -0.650. The average molecular weight is 351 g/mol. The monoisotopic (exact) mass is 350 g/mol. The summed E-state index contributed by atoms with van der Waals surface area (Å²) in [5.74, 6) is 0. The predicted molar refractivity (Wildman–Crippen MR) is 89.3 cm³/mol. The summed E-state index contributed by atoms with van der Waals surface area (Å²) in [6.07, 6.45) is 0. The maximum absolute atomic E-state index is 2.38. The maximum Gasteiger partial charge on any atom is 0.0997 e. The summed E-state index contributed by atoms with van der Waals surface area (Å²) in [5, 5.41) is 3.07. The van der Waals surface area contributed by atoms with Crippen molar-refractivity contribution in [3.05, 3.63) is 60.7 Å². The van der Waals surface area contributed by atoms with E-state index in [4.69, 9.17) is 0 Å². The van der Waals surface area contributed by atoms with Gasteiger partial charge in [-0.05, 0) is 52.0 Å². The highest BCUT2D eigenvalue weighted by molar-refractivity contribution is 7.90. The Morgan fingerprint density at radius 3 is 1.15 bits per heavy atom. The number of halogens is 1. The van der Waals surface area contributed by atoms with E-state index >= 15 is 0 Å². The first-order valence-corrected chi connectivity index (χ1v) is 9.02. The van der Waals surface area contributed by atoms with Crippen molar-refractivity contribution in [1.29, 1.82) is 0 Å². The first-order valence-electron chi connectivity index (χ1n) is 7.09. The molecule has 0 saturated heterocycles. The Bertz CT molecular complexity index is 456. The third kappa shape index (κ3) is 3.00. The molecule has 0 aliphatic carbocycles. The topological polar surface area (TPSA) is 0 Å². The van der Waals surface area contributed by atoms with E-state index in [0.717, 1.165) is 0 Å². The van der Waals surface area contributed by atoms with Crippen LogP contribution >= 0.6 is 7.26 Å². The lowest BCUT2D eigenvalue weighted by molar-refractivity contribution is -0.00000403. The van der Waals surface area contributed by atoms with Gasteiger partial charge in [0.2, 0.25) is 0 Å². The normalized spacial score (nSPS) is 11.5. The molecule has 2 aromatic carbocycles. The molecule has 0 saturated carbocycles. The van der Waals surface area contributed by atoms with E-state index in [1.807, 2.05) is 0 Å². The van der Waals surface area contributed by atoms with Crippen molar-refractivity contribution in [3.63, 3.8) is 0 Å². The van der Waals surface area contributed by atoms with E-state index in [2.05, 4.69) is 88.4 Å². The predicted octanol–water partition coefficient (Wildman–Crippen LogP) is 1.48. The first kappa shape index (κ1) is 17.4. The molecule has 0 aromatic heterocycles. The maximum atomic E-state index is 2.38. The highest BCUT2D eigenvalue weighted by Crippen LogP contribution is 2.64. The van der Waals surface area contributed by atoms with Gasteiger partial charge in [0, 0.05) is 0 Å². The molecule has 0 aliphatic rings. The minimum absolute atomic E-state index is 0. The highest BCUT2D eigenvalue weighted by Gasteiger charge is 2.48. The van der Waals surface area contributed by atoms with Crippen molar-refractivity contribution in [3.8, 4) is 0 Å². The smallest absolute Gasteiger partial charge is 0.0997 e. The Kier molecular flexibility index (Phi) is 6.43. The Labute approximate surface area is 134 Å². The molecule has 108 valence electrons. The van der Waals surface area contributed by atoms with E-state index in [0.29, 0.717) is 11.3 Å². The lowest BCUT2D eigenvalue weighted by Crippen LogP contribution is -3.00. The lowest BCUT2D eigenvalue weighted by Gasteiger charge is -2.34. The summed E-state index contributed by atoms with van der Waals surface area (Å²) in [6.45, 7) is 9.53. The Morgan fingerprint density at radius 1 is 0.600 bits per heavy atom. The van der Waals surface area contributed by atoms with Gasteiger partial charge in [-0.3, -0.25) is 0 Å². The summed E-state index contributed by atoms with van der Waals surface area (Å²) in [7, 11) is -1.34. The molecular weight excluding hydrogens is 327 g/mol. The Morgan fingerprint density at radius 2 is 0.900 bits per heavy atom. The zero-order valence-corrected chi connectivity index (χ0v) is 15.2. The number of hydrogen-bond acceptors (Lipinski definition) is 0. The van der Waals surface area contributed by atoms with Crippen molar-refractivity contribution in [2.45, 2.75) is 39.0 Å². The molecule has 0 radical (unpaired) electrons. The summed E-state index contributed by atoms with van der Waals surface area (Å²) in [4.78, 5) is 0. The highest BCUT2D eigenvalue weighted by atomic mass is 79.9. The quantitative estimate of drug-likeness (QED) is 0.732. The number of rotatable bonds is 4. The van der Waals surface area contributed by atoms with Gasteiger partial charge in [0.15, 0.2) is 0 Å². The zero-order chi connectivity index (χ0) is 13.9. The second kappa shape index (κ2) is 7.38. The van der Waals surface area contributed by atoms with Gasteiger partial charge in [0.05, 0.1) is 29.2 Å². The summed E-state index contributed by atoms with van der Waals surface area (Å²) < 4.78 is 0. The van der Waals surface area contributed by atoms with Crippen LogP contribution in [0.3, 0.4) is 0 Å². The molecule has 2 heteroatoms. The van der Waals surface area contributed by atoms with Crippen LogP contribution in [0.1, 0.15) is 27.7 Å². The number of benzene rings is 2. The fourth-order valence-corrected chi connectivity index (χ4v) is 8.49. The van der Waals surface area contributed by atoms with E-state index in [9.17, 15) is 0 Å². The second-order valence-corrected chi connectivity index (χ2v) is 10.3. The molecule has 20 heavy (non-hydrogen) atoms. The van der Waals surface area contributed by atoms with Crippen molar-refractivity contribution in [2.75, 3.05) is 0 Å². The minimum atomic E-state index is -1.34. The van der Waals surface area contributed by atoms with Crippen LogP contribution in [0, 0.1) is 0 Å². The summed E-state index contributed by atoms with van der Waals surface area (Å²) >= 11 is 0. The van der Waals surface area contributed by atoms with Crippen LogP contribution < -0.4 is 27.6 Å². The van der Waals surface area contributed by atoms with Gasteiger partial charge in [0.1, 0.15) is 0 Å². The van der Waals surface area contributed by atoms with Crippen molar-refractivity contribution >= 4 is 17.9 Å². The molecular formula is C18H24BrP. The molecule has 0 unspecified atom stereocenters. The molecule has 0 atom stereocenters. The van der Waals surface area contributed by atoms with E-state index in [1.165, 1.54) is 10.6 Å². The van der Waals surface area contributed by atoms with Crippen LogP contribution in [0.25, 0.3) is 0 Å². The van der Waals surface area contributed by atoms with Crippen LogP contribution in [0.4, 0.5) is 0 Å². The van der Waals surface area contributed by atoms with Crippen LogP contribution in [0.2, 0.25) is 0 Å². The fourth-order valence-electron chi connectivity index (χ4n) is 3.29. The van der Waals surface area contributed by atoms with Gasteiger partial charge in [0.25, 0.3) is 0 Å². The van der Waals surface area contributed by atoms with Crippen LogP contribution in [0.5, 0.6) is 0 Å². The average Bonchev–Trinajstić information content (AvgIpc) is 2.41. The van der Waals surface area contributed by atoms with Crippen molar-refractivity contribution in [1.82, 2.24) is 0 Å². The molecule has 0 bridgehead atoms. The SMILES string of the molecule is CC(C)[P+](c1ccccc1)(c1ccccc1)C(C)C.[Br-]. The van der Waals surface area contributed by atoms with E-state index < -0.39 is 7.26 Å². The fraction of sp³-hybridized carbons (Fsp3) is 0.333. The first-order chi connectivity index (χ1) is 9.10. The standard InChI is InChI=1S/C18H24P.BrH/c1-15(2)19(16(3)4,17-11-7-5-8-12-17)18-13-9-6-10-14-18;/h5-16H,1-4H3;1H/q+1;/p-1. The largest absolute Gasteiger partial charge is 1.00 e. The molecule has 0 heterocycles. The van der Waals surface area contributed by atoms with E-state index in [-0.39, 0.29) is 17.0 Å². The summed E-state index contributed by atoms with van der Waals surface area (Å²) in [5.41, 5.74) is 1.33. The van der Waals surface area contributed by atoms with Crippen LogP contribution in [-0.2, 0) is 0 Å². The van der Waals surface area contributed by atoms with Crippen molar-refractivity contribution in [2.24, 2.45) is 0 Å². The van der Waals surface area contributed by atoms with Gasteiger partial charge in [-0.25, -0.2) is 0 Å². The summed E-state index contributed by atoms with van der Waals surface area (Å²) in [6, 6.07) is 22.2. The van der Waals surface area contributed by atoms with Gasteiger partial charge >= 0.3 is 0 Å². The zero-order valence-electron chi connectivity index (χ0n) is 12.8. The second-order valence-electron chi connectivity index (χ2n) is 5.64. The van der Waals surface area contributed by atoms with Crippen LogP contribution in [-0.4, -0.2) is 11.3 Å². The molecule has 0 N–H and O–H groups in total. The van der Waals surface area contributed by atoms with Gasteiger partial charge < -0.3 is 17.0 Å².